The van der Waals surface area contributed by atoms with Crippen LogP contribution in [0.4, 0.5) is 0 Å². The Labute approximate surface area is 122 Å². The fourth-order valence-electron chi connectivity index (χ4n) is 2.86. The van der Waals surface area contributed by atoms with E-state index in [1.54, 1.807) is 12.1 Å². The number of carbonyl (C=O) groups is 1. The van der Waals surface area contributed by atoms with Crippen molar-refractivity contribution in [2.45, 2.75) is 50.6 Å². The summed E-state index contributed by atoms with van der Waals surface area (Å²) in [6.45, 7) is 0. The fourth-order valence-corrected chi connectivity index (χ4v) is 3.19. The van der Waals surface area contributed by atoms with Crippen LogP contribution < -0.4 is 0 Å². The third-order valence-corrected chi connectivity index (χ3v) is 4.42. The molecule has 0 saturated heterocycles. The van der Waals surface area contributed by atoms with Crippen LogP contribution in [0.25, 0.3) is 0 Å². The molecule has 2 saturated carbocycles. The van der Waals surface area contributed by atoms with Gasteiger partial charge in [0.2, 0.25) is 0 Å². The molecule has 2 aliphatic carbocycles. The first-order valence-electron chi connectivity index (χ1n) is 6.81. The largest absolute Gasteiger partial charge is 0.331 e. The molecule has 2 aliphatic rings. The van der Waals surface area contributed by atoms with Crippen molar-refractivity contribution in [1.29, 1.82) is 0 Å². The Balaban J connectivity index is 1.89. The molecule has 0 spiro atoms. The molecule has 0 bridgehead atoms. The van der Waals surface area contributed by atoms with Crippen molar-refractivity contribution in [3.8, 4) is 0 Å². The van der Waals surface area contributed by atoms with Crippen molar-refractivity contribution < 1.29 is 4.79 Å². The van der Waals surface area contributed by atoms with Gasteiger partial charge in [-0.3, -0.25) is 4.79 Å². The van der Waals surface area contributed by atoms with Crippen molar-refractivity contribution in [1.82, 2.24) is 9.88 Å². The SMILES string of the molecule is O=C(c1nc(Cl)ccc1Cl)N(C1CCCC1)C1CC1. The predicted octanol–water partition coefficient (Wildman–Crippen LogP) is 3.94. The maximum atomic E-state index is 12.7. The quantitative estimate of drug-likeness (QED) is 0.792. The van der Waals surface area contributed by atoms with Gasteiger partial charge in [-0.15, -0.1) is 0 Å². The molecule has 0 N–H and O–H groups in total. The maximum absolute atomic E-state index is 12.7. The van der Waals surface area contributed by atoms with Crippen molar-refractivity contribution in [3.05, 3.63) is 28.0 Å². The van der Waals surface area contributed by atoms with E-state index in [1.807, 2.05) is 4.90 Å². The Bertz CT molecular complexity index is 496. The van der Waals surface area contributed by atoms with Crippen LogP contribution in [0.5, 0.6) is 0 Å². The highest BCUT2D eigenvalue weighted by molar-refractivity contribution is 6.34. The molecular formula is C14H16Cl2N2O. The van der Waals surface area contributed by atoms with Gasteiger partial charge >= 0.3 is 0 Å². The van der Waals surface area contributed by atoms with Gasteiger partial charge in [-0.25, -0.2) is 4.98 Å². The first kappa shape index (κ1) is 13.2. The second-order valence-corrected chi connectivity index (χ2v) is 6.14. The summed E-state index contributed by atoms with van der Waals surface area (Å²) in [6, 6.07) is 3.99. The highest BCUT2D eigenvalue weighted by Crippen LogP contribution is 2.36. The third-order valence-electron chi connectivity index (χ3n) is 3.91. The molecule has 1 aromatic rings. The van der Waals surface area contributed by atoms with E-state index in [1.165, 1.54) is 12.8 Å². The van der Waals surface area contributed by atoms with E-state index in [-0.39, 0.29) is 5.91 Å². The fraction of sp³-hybridized carbons (Fsp3) is 0.571. The summed E-state index contributed by atoms with van der Waals surface area (Å²) in [5.74, 6) is -0.0538. The summed E-state index contributed by atoms with van der Waals surface area (Å²) in [6.07, 6.45) is 6.80. The first-order chi connectivity index (χ1) is 9.16. The number of amides is 1. The van der Waals surface area contributed by atoms with E-state index in [0.717, 1.165) is 25.7 Å². The lowest BCUT2D eigenvalue weighted by Crippen LogP contribution is -2.41. The monoisotopic (exact) mass is 298 g/mol. The number of halogens is 2. The minimum atomic E-state index is -0.0538. The van der Waals surface area contributed by atoms with Gasteiger partial charge in [-0.2, -0.15) is 0 Å². The highest BCUT2D eigenvalue weighted by atomic mass is 35.5. The zero-order chi connectivity index (χ0) is 13.4. The van der Waals surface area contributed by atoms with Gasteiger partial charge in [-0.05, 0) is 37.8 Å². The first-order valence-corrected chi connectivity index (χ1v) is 7.57. The van der Waals surface area contributed by atoms with Crippen LogP contribution in [0, 0.1) is 0 Å². The number of pyridine rings is 1. The molecule has 19 heavy (non-hydrogen) atoms. The molecule has 0 atom stereocenters. The number of hydrogen-bond donors (Lipinski definition) is 0. The van der Waals surface area contributed by atoms with Crippen LogP contribution in [-0.2, 0) is 0 Å². The van der Waals surface area contributed by atoms with Crippen molar-refractivity contribution in [2.24, 2.45) is 0 Å². The van der Waals surface area contributed by atoms with Gasteiger partial charge in [0.1, 0.15) is 10.8 Å². The summed E-state index contributed by atoms with van der Waals surface area (Å²) in [5, 5.41) is 0.702. The molecule has 102 valence electrons. The smallest absolute Gasteiger partial charge is 0.274 e. The number of nitrogens with zero attached hydrogens (tertiary/aromatic N) is 2. The predicted molar refractivity (Wildman–Crippen MR) is 75.7 cm³/mol. The Morgan fingerprint density at radius 1 is 1.11 bits per heavy atom. The van der Waals surface area contributed by atoms with E-state index in [4.69, 9.17) is 23.2 Å². The van der Waals surface area contributed by atoms with Gasteiger partial charge in [-0.1, -0.05) is 36.0 Å². The van der Waals surface area contributed by atoms with Gasteiger partial charge in [0.05, 0.1) is 5.02 Å². The lowest BCUT2D eigenvalue weighted by Gasteiger charge is -2.29. The Morgan fingerprint density at radius 2 is 1.74 bits per heavy atom. The molecule has 0 unspecified atom stereocenters. The van der Waals surface area contributed by atoms with Gasteiger partial charge < -0.3 is 4.90 Å². The standard InChI is InChI=1S/C14H16Cl2N2O/c15-11-7-8-12(16)17-13(11)14(19)18(10-5-6-10)9-3-1-2-4-9/h7-10H,1-6H2. The Hall–Kier alpha value is -0.800. The van der Waals surface area contributed by atoms with Crippen LogP contribution in [-0.4, -0.2) is 27.9 Å². The maximum Gasteiger partial charge on any atom is 0.274 e. The topological polar surface area (TPSA) is 33.2 Å². The molecular weight excluding hydrogens is 283 g/mol. The minimum absolute atomic E-state index is 0.0538. The number of hydrogen-bond acceptors (Lipinski definition) is 2. The molecule has 1 heterocycles. The van der Waals surface area contributed by atoms with Crippen LogP contribution >= 0.6 is 23.2 Å². The van der Waals surface area contributed by atoms with Crippen LogP contribution in [0.3, 0.4) is 0 Å². The van der Waals surface area contributed by atoms with Crippen LogP contribution in [0.2, 0.25) is 10.2 Å². The molecule has 0 radical (unpaired) electrons. The molecule has 3 rings (SSSR count). The van der Waals surface area contributed by atoms with Crippen molar-refractivity contribution in [3.63, 3.8) is 0 Å². The Kier molecular flexibility index (Phi) is 3.68. The summed E-state index contributed by atoms with van der Waals surface area (Å²) in [5.41, 5.74) is 0.299. The lowest BCUT2D eigenvalue weighted by atomic mass is 10.2. The number of carbonyl (C=O) groups excluding carboxylic acids is 1. The average Bonchev–Trinajstić information content (AvgIpc) is 3.07. The lowest BCUT2D eigenvalue weighted by molar-refractivity contribution is 0.0658. The van der Waals surface area contributed by atoms with Crippen LogP contribution in [0.15, 0.2) is 12.1 Å². The molecule has 0 aliphatic heterocycles. The minimum Gasteiger partial charge on any atom is -0.331 e. The molecule has 0 aromatic carbocycles. The number of rotatable bonds is 3. The van der Waals surface area contributed by atoms with Gasteiger partial charge in [0, 0.05) is 12.1 Å². The van der Waals surface area contributed by atoms with E-state index in [2.05, 4.69) is 4.98 Å². The van der Waals surface area contributed by atoms with Gasteiger partial charge in [0.25, 0.3) is 5.91 Å². The zero-order valence-corrected chi connectivity index (χ0v) is 12.1. The summed E-state index contributed by atoms with van der Waals surface area (Å²) in [7, 11) is 0. The van der Waals surface area contributed by atoms with E-state index in [9.17, 15) is 4.79 Å². The Morgan fingerprint density at radius 3 is 2.37 bits per heavy atom. The van der Waals surface area contributed by atoms with E-state index < -0.39 is 0 Å². The van der Waals surface area contributed by atoms with E-state index in [0.29, 0.717) is 28.0 Å². The molecule has 3 nitrogen and oxygen atoms in total. The molecule has 5 heteroatoms. The zero-order valence-electron chi connectivity index (χ0n) is 10.6. The second-order valence-electron chi connectivity index (χ2n) is 5.35. The second kappa shape index (κ2) is 5.29. The van der Waals surface area contributed by atoms with Gasteiger partial charge in [0.15, 0.2) is 0 Å². The molecule has 1 amide bonds. The highest BCUT2D eigenvalue weighted by Gasteiger charge is 2.39. The van der Waals surface area contributed by atoms with Crippen molar-refractivity contribution in [2.75, 3.05) is 0 Å². The molecule has 2 fully saturated rings. The summed E-state index contributed by atoms with van der Waals surface area (Å²) in [4.78, 5) is 18.8. The normalized spacial score (nSPS) is 19.7. The number of aromatic nitrogens is 1. The van der Waals surface area contributed by atoms with Crippen molar-refractivity contribution >= 4 is 29.1 Å². The average molecular weight is 299 g/mol. The summed E-state index contributed by atoms with van der Waals surface area (Å²) >= 11 is 12.0. The molecule has 1 aromatic heterocycles. The third kappa shape index (κ3) is 2.72. The van der Waals surface area contributed by atoms with E-state index >= 15 is 0 Å². The van der Waals surface area contributed by atoms with Crippen LogP contribution in [0.1, 0.15) is 49.0 Å². The summed E-state index contributed by atoms with van der Waals surface area (Å²) < 4.78 is 0.